The van der Waals surface area contributed by atoms with E-state index in [1.807, 2.05) is 18.2 Å². The number of carbonyl (C=O) groups excluding carboxylic acids is 1. The Morgan fingerprint density at radius 1 is 1.29 bits per heavy atom. The van der Waals surface area contributed by atoms with Gasteiger partial charge in [-0.1, -0.05) is 0 Å². The highest BCUT2D eigenvalue weighted by Gasteiger charge is 2.24. The molecule has 0 saturated heterocycles. The molecule has 1 aromatic rings. The fourth-order valence-electron chi connectivity index (χ4n) is 2.43. The molecule has 2 aliphatic rings. The molecule has 1 aromatic carbocycles. The van der Waals surface area contributed by atoms with Gasteiger partial charge in [-0.05, 0) is 42.2 Å². The topological polar surface area (TPSA) is 50.4 Å². The van der Waals surface area contributed by atoms with Crippen LogP contribution in [-0.4, -0.2) is 19.7 Å². The molecule has 0 radical (unpaired) electrons. The molecule has 0 saturated carbocycles. The second-order valence-corrected chi connectivity index (χ2v) is 4.31. The van der Waals surface area contributed by atoms with Crippen LogP contribution in [0, 0.1) is 0 Å². The van der Waals surface area contributed by atoms with E-state index in [2.05, 4.69) is 10.6 Å². The maximum absolute atomic E-state index is 11.4. The van der Waals surface area contributed by atoms with Gasteiger partial charge in [-0.25, -0.2) is 4.79 Å². The van der Waals surface area contributed by atoms with Crippen molar-refractivity contribution in [3.8, 4) is 5.75 Å². The summed E-state index contributed by atoms with van der Waals surface area (Å²) < 4.78 is 5.22. The zero-order chi connectivity index (χ0) is 11.8. The molecular formula is C13H14N2O2. The Bertz CT molecular complexity index is 520. The van der Waals surface area contributed by atoms with Gasteiger partial charge in [0.25, 0.3) is 0 Å². The lowest BCUT2D eigenvalue weighted by Gasteiger charge is -2.28. The summed E-state index contributed by atoms with van der Waals surface area (Å²) >= 11 is 0. The van der Waals surface area contributed by atoms with Gasteiger partial charge in [0.05, 0.1) is 12.8 Å². The summed E-state index contributed by atoms with van der Waals surface area (Å²) in [5.41, 5.74) is 4.63. The van der Waals surface area contributed by atoms with Crippen molar-refractivity contribution < 1.29 is 9.53 Å². The molecule has 0 atom stereocenters. The molecule has 2 amide bonds. The van der Waals surface area contributed by atoms with Crippen LogP contribution >= 0.6 is 0 Å². The summed E-state index contributed by atoms with van der Waals surface area (Å²) in [6.07, 6.45) is 1.99. The van der Waals surface area contributed by atoms with Crippen molar-refractivity contribution >= 4 is 11.7 Å². The van der Waals surface area contributed by atoms with Crippen LogP contribution in [0.2, 0.25) is 0 Å². The predicted octanol–water partition coefficient (Wildman–Crippen LogP) is 1.67. The maximum atomic E-state index is 11.4. The van der Waals surface area contributed by atoms with Crippen molar-refractivity contribution in [2.24, 2.45) is 0 Å². The summed E-state index contributed by atoms with van der Waals surface area (Å²) in [4.78, 5) is 11.4. The van der Waals surface area contributed by atoms with Crippen LogP contribution in [0.15, 0.2) is 23.8 Å². The molecule has 4 nitrogen and oxygen atoms in total. The molecular weight excluding hydrogens is 216 g/mol. The SMILES string of the molecule is COc1ccc2c(c1)CCC1=C2NC(=O)NC1. The van der Waals surface area contributed by atoms with E-state index in [-0.39, 0.29) is 6.03 Å². The first-order valence-electron chi connectivity index (χ1n) is 5.72. The third-order valence-corrected chi connectivity index (χ3v) is 3.33. The number of nitrogens with one attached hydrogen (secondary N) is 2. The summed E-state index contributed by atoms with van der Waals surface area (Å²) in [6.45, 7) is 0.659. The minimum absolute atomic E-state index is 0.118. The van der Waals surface area contributed by atoms with Gasteiger partial charge in [0.1, 0.15) is 5.75 Å². The number of amides is 2. The summed E-state index contributed by atoms with van der Waals surface area (Å²) in [7, 11) is 1.67. The fourth-order valence-corrected chi connectivity index (χ4v) is 2.43. The van der Waals surface area contributed by atoms with Gasteiger partial charge >= 0.3 is 6.03 Å². The number of benzene rings is 1. The number of rotatable bonds is 1. The molecule has 1 heterocycles. The Labute approximate surface area is 99.7 Å². The van der Waals surface area contributed by atoms with Crippen molar-refractivity contribution in [3.63, 3.8) is 0 Å². The average molecular weight is 230 g/mol. The lowest BCUT2D eigenvalue weighted by molar-refractivity contribution is 0.244. The molecule has 1 aliphatic heterocycles. The molecule has 3 rings (SSSR count). The Balaban J connectivity index is 2.07. The normalized spacial score (nSPS) is 17.8. The number of aryl methyl sites for hydroxylation is 1. The van der Waals surface area contributed by atoms with Gasteiger partial charge < -0.3 is 15.4 Å². The average Bonchev–Trinajstić information content (AvgIpc) is 2.37. The van der Waals surface area contributed by atoms with Crippen LogP contribution in [0.25, 0.3) is 5.70 Å². The van der Waals surface area contributed by atoms with Gasteiger partial charge in [0, 0.05) is 12.1 Å². The molecule has 88 valence electrons. The second-order valence-electron chi connectivity index (χ2n) is 4.31. The molecule has 0 aromatic heterocycles. The van der Waals surface area contributed by atoms with E-state index >= 15 is 0 Å². The van der Waals surface area contributed by atoms with E-state index in [4.69, 9.17) is 4.74 Å². The first-order valence-corrected chi connectivity index (χ1v) is 5.72. The molecule has 4 heteroatoms. The first kappa shape index (κ1) is 10.2. The van der Waals surface area contributed by atoms with Crippen molar-refractivity contribution in [1.29, 1.82) is 0 Å². The van der Waals surface area contributed by atoms with Crippen LogP contribution < -0.4 is 15.4 Å². The third kappa shape index (κ3) is 1.65. The number of ether oxygens (including phenoxy) is 1. The summed E-state index contributed by atoms with van der Waals surface area (Å²) in [5.74, 6) is 0.869. The molecule has 0 bridgehead atoms. The minimum atomic E-state index is -0.118. The largest absolute Gasteiger partial charge is 0.497 e. The van der Waals surface area contributed by atoms with E-state index in [1.54, 1.807) is 7.11 Å². The molecule has 0 fully saturated rings. The highest BCUT2D eigenvalue weighted by molar-refractivity contribution is 5.90. The monoisotopic (exact) mass is 230 g/mol. The van der Waals surface area contributed by atoms with E-state index in [1.165, 1.54) is 11.1 Å². The van der Waals surface area contributed by atoms with E-state index < -0.39 is 0 Å². The highest BCUT2D eigenvalue weighted by atomic mass is 16.5. The Morgan fingerprint density at radius 2 is 2.18 bits per heavy atom. The van der Waals surface area contributed by atoms with Crippen molar-refractivity contribution in [1.82, 2.24) is 10.6 Å². The highest BCUT2D eigenvalue weighted by Crippen LogP contribution is 2.32. The zero-order valence-electron chi connectivity index (χ0n) is 9.67. The first-order chi connectivity index (χ1) is 8.28. The van der Waals surface area contributed by atoms with E-state index in [0.717, 1.165) is 29.9 Å². The second kappa shape index (κ2) is 3.80. The van der Waals surface area contributed by atoms with Crippen LogP contribution in [0.5, 0.6) is 5.75 Å². The smallest absolute Gasteiger partial charge is 0.319 e. The number of hydrogen-bond donors (Lipinski definition) is 2. The number of urea groups is 1. The minimum Gasteiger partial charge on any atom is -0.497 e. The van der Waals surface area contributed by atoms with Crippen molar-refractivity contribution in [3.05, 3.63) is 34.9 Å². The van der Waals surface area contributed by atoms with Gasteiger partial charge in [-0.15, -0.1) is 0 Å². The molecule has 0 spiro atoms. The van der Waals surface area contributed by atoms with Crippen LogP contribution in [-0.2, 0) is 6.42 Å². The Morgan fingerprint density at radius 3 is 3.00 bits per heavy atom. The van der Waals surface area contributed by atoms with Crippen LogP contribution in [0.4, 0.5) is 4.79 Å². The van der Waals surface area contributed by atoms with Crippen molar-refractivity contribution in [2.45, 2.75) is 12.8 Å². The molecule has 1 aliphatic carbocycles. The molecule has 0 unspecified atom stereocenters. The van der Waals surface area contributed by atoms with Gasteiger partial charge in [-0.3, -0.25) is 0 Å². The van der Waals surface area contributed by atoms with Gasteiger partial charge in [-0.2, -0.15) is 0 Å². The van der Waals surface area contributed by atoms with E-state index in [9.17, 15) is 4.79 Å². The van der Waals surface area contributed by atoms with Gasteiger partial charge in [0.2, 0.25) is 0 Å². The lowest BCUT2D eigenvalue weighted by Crippen LogP contribution is -2.42. The Hall–Kier alpha value is -1.97. The number of hydrogen-bond acceptors (Lipinski definition) is 2. The maximum Gasteiger partial charge on any atom is 0.319 e. The predicted molar refractivity (Wildman–Crippen MR) is 64.8 cm³/mol. The molecule has 17 heavy (non-hydrogen) atoms. The Kier molecular flexibility index (Phi) is 2.28. The third-order valence-electron chi connectivity index (χ3n) is 3.33. The molecule has 2 N–H and O–H groups in total. The quantitative estimate of drug-likeness (QED) is 0.771. The fraction of sp³-hybridized carbons (Fsp3) is 0.308. The van der Waals surface area contributed by atoms with Crippen molar-refractivity contribution in [2.75, 3.05) is 13.7 Å². The van der Waals surface area contributed by atoms with E-state index in [0.29, 0.717) is 6.54 Å². The standard InChI is InChI=1S/C13H14N2O2/c1-17-10-4-5-11-8(6-10)2-3-9-7-14-13(16)15-12(9)11/h4-6H,2-3,7H2,1H3,(H2,14,15,16). The summed E-state index contributed by atoms with van der Waals surface area (Å²) in [5, 5.41) is 5.70. The zero-order valence-corrected chi connectivity index (χ0v) is 9.67. The van der Waals surface area contributed by atoms with Gasteiger partial charge in [0.15, 0.2) is 0 Å². The number of carbonyl (C=O) groups is 1. The number of fused-ring (bicyclic) bond motifs is 2. The lowest BCUT2D eigenvalue weighted by atomic mass is 9.88. The van der Waals surface area contributed by atoms with Crippen LogP contribution in [0.1, 0.15) is 17.5 Å². The summed E-state index contributed by atoms with van der Waals surface area (Å²) in [6, 6.07) is 5.89. The number of methoxy groups -OCH3 is 1. The van der Waals surface area contributed by atoms with Crippen LogP contribution in [0.3, 0.4) is 0 Å².